The maximum atomic E-state index is 4.40. The monoisotopic (exact) mass is 283 g/mol. The lowest BCUT2D eigenvalue weighted by Gasteiger charge is -2.25. The molecule has 0 spiro atoms. The van der Waals surface area contributed by atoms with Gasteiger partial charge in [0.05, 0.1) is 6.04 Å². The van der Waals surface area contributed by atoms with Crippen molar-refractivity contribution in [3.05, 3.63) is 58.7 Å². The van der Waals surface area contributed by atoms with E-state index in [1.165, 1.54) is 30.6 Å². The minimum Gasteiger partial charge on any atom is -0.302 e. The van der Waals surface area contributed by atoms with Crippen LogP contribution in [0, 0.1) is 0 Å². The van der Waals surface area contributed by atoms with Crippen molar-refractivity contribution in [1.82, 2.24) is 14.3 Å². The van der Waals surface area contributed by atoms with Crippen LogP contribution in [0.3, 0.4) is 0 Å². The lowest BCUT2D eigenvalue weighted by Crippen LogP contribution is -2.23. The fraction of sp³-hybridized carbons (Fsp3) is 0.312. The summed E-state index contributed by atoms with van der Waals surface area (Å²) >= 11 is 1.78. The zero-order valence-corrected chi connectivity index (χ0v) is 12.1. The third-order valence-corrected chi connectivity index (χ3v) is 4.86. The zero-order valence-electron chi connectivity index (χ0n) is 11.3. The van der Waals surface area contributed by atoms with Crippen LogP contribution in [0.5, 0.6) is 0 Å². The van der Waals surface area contributed by atoms with Gasteiger partial charge in [-0.15, -0.1) is 0 Å². The maximum Gasteiger partial charge on any atom is 0.136 e. The van der Waals surface area contributed by atoms with E-state index in [0.29, 0.717) is 6.04 Å². The summed E-state index contributed by atoms with van der Waals surface area (Å²) in [7, 11) is 0. The average molecular weight is 283 g/mol. The number of nitrogens with zero attached hydrogens (tertiary/aromatic N) is 3. The standard InChI is InChI=1S/C16H17N3S/c1-3-15(19-9-7-17-16(19)5-1)14-4-2-8-18(14)11-13-6-10-20-12-13/h1,3,5-7,9-10,12,14H,2,4,8,11H2. The van der Waals surface area contributed by atoms with Gasteiger partial charge in [0.15, 0.2) is 0 Å². The number of imidazole rings is 1. The van der Waals surface area contributed by atoms with Crippen LogP contribution >= 0.6 is 11.3 Å². The van der Waals surface area contributed by atoms with Gasteiger partial charge in [-0.1, -0.05) is 6.07 Å². The van der Waals surface area contributed by atoms with E-state index in [-0.39, 0.29) is 0 Å². The first kappa shape index (κ1) is 12.1. The van der Waals surface area contributed by atoms with Crippen molar-refractivity contribution in [1.29, 1.82) is 0 Å². The first-order valence-corrected chi connectivity index (χ1v) is 8.03. The second-order valence-electron chi connectivity index (χ2n) is 5.37. The van der Waals surface area contributed by atoms with Crippen molar-refractivity contribution in [3.63, 3.8) is 0 Å². The molecule has 0 saturated carbocycles. The highest BCUT2D eigenvalue weighted by Crippen LogP contribution is 2.33. The SMILES string of the molecule is c1cc(C2CCCN2Cc2ccsc2)n2ccnc2c1. The molecule has 1 fully saturated rings. The smallest absolute Gasteiger partial charge is 0.136 e. The molecule has 1 atom stereocenters. The summed E-state index contributed by atoms with van der Waals surface area (Å²) in [4.78, 5) is 6.99. The first-order chi connectivity index (χ1) is 9.92. The highest BCUT2D eigenvalue weighted by atomic mass is 32.1. The summed E-state index contributed by atoms with van der Waals surface area (Å²) in [5.41, 5.74) is 3.84. The van der Waals surface area contributed by atoms with Crippen molar-refractivity contribution < 1.29 is 0 Å². The molecule has 3 nitrogen and oxygen atoms in total. The number of thiophene rings is 1. The van der Waals surface area contributed by atoms with Crippen molar-refractivity contribution in [2.24, 2.45) is 0 Å². The predicted octanol–water partition coefficient (Wildman–Crippen LogP) is 3.73. The molecule has 0 bridgehead atoms. The molecule has 0 N–H and O–H groups in total. The second-order valence-corrected chi connectivity index (χ2v) is 6.15. The van der Waals surface area contributed by atoms with Gasteiger partial charge in [-0.3, -0.25) is 4.90 Å². The van der Waals surface area contributed by atoms with E-state index in [9.17, 15) is 0 Å². The molecule has 4 rings (SSSR count). The summed E-state index contributed by atoms with van der Waals surface area (Å²) < 4.78 is 2.23. The first-order valence-electron chi connectivity index (χ1n) is 7.09. The van der Waals surface area contributed by atoms with E-state index in [1.807, 2.05) is 6.20 Å². The van der Waals surface area contributed by atoms with Crippen molar-refractivity contribution in [2.75, 3.05) is 6.54 Å². The average Bonchev–Trinajstić information content (AvgIpc) is 3.19. The summed E-state index contributed by atoms with van der Waals surface area (Å²) in [5, 5.41) is 4.42. The largest absolute Gasteiger partial charge is 0.302 e. The van der Waals surface area contributed by atoms with Gasteiger partial charge in [-0.05, 0) is 53.9 Å². The molecule has 4 heterocycles. The van der Waals surface area contributed by atoms with Gasteiger partial charge in [0.2, 0.25) is 0 Å². The zero-order chi connectivity index (χ0) is 13.4. The Kier molecular flexibility index (Phi) is 3.05. The van der Waals surface area contributed by atoms with Crippen LogP contribution < -0.4 is 0 Å². The number of pyridine rings is 1. The van der Waals surface area contributed by atoms with Gasteiger partial charge in [0, 0.05) is 24.6 Å². The second kappa shape index (κ2) is 5.04. The minimum atomic E-state index is 0.507. The van der Waals surface area contributed by atoms with Crippen LogP contribution in [-0.2, 0) is 6.54 Å². The van der Waals surface area contributed by atoms with E-state index < -0.39 is 0 Å². The minimum absolute atomic E-state index is 0.507. The molecule has 20 heavy (non-hydrogen) atoms. The Bertz CT molecular complexity index is 701. The summed E-state index contributed by atoms with van der Waals surface area (Å²) in [5.74, 6) is 0. The van der Waals surface area contributed by atoms with E-state index in [2.05, 4.69) is 55.5 Å². The molecule has 1 aliphatic heterocycles. The van der Waals surface area contributed by atoms with Gasteiger partial charge in [0.1, 0.15) is 5.65 Å². The molecule has 0 aromatic carbocycles. The van der Waals surface area contributed by atoms with Gasteiger partial charge >= 0.3 is 0 Å². The van der Waals surface area contributed by atoms with Crippen LogP contribution in [0.1, 0.15) is 30.1 Å². The normalized spacial score (nSPS) is 19.9. The number of hydrogen-bond donors (Lipinski definition) is 0. The third-order valence-electron chi connectivity index (χ3n) is 4.13. The quantitative estimate of drug-likeness (QED) is 0.730. The molecule has 4 heteroatoms. The predicted molar refractivity (Wildman–Crippen MR) is 81.9 cm³/mol. The Labute approximate surface area is 122 Å². The fourth-order valence-electron chi connectivity index (χ4n) is 3.21. The van der Waals surface area contributed by atoms with Gasteiger partial charge in [-0.2, -0.15) is 11.3 Å². The number of fused-ring (bicyclic) bond motifs is 1. The lowest BCUT2D eigenvalue weighted by molar-refractivity contribution is 0.243. The molecule has 0 radical (unpaired) electrons. The summed E-state index contributed by atoms with van der Waals surface area (Å²) in [6, 6.07) is 9.18. The molecule has 0 amide bonds. The molecule has 3 aromatic rings. The van der Waals surface area contributed by atoms with Crippen LogP contribution in [-0.4, -0.2) is 20.8 Å². The summed E-state index contributed by atoms with van der Waals surface area (Å²) in [6.45, 7) is 2.24. The topological polar surface area (TPSA) is 20.5 Å². The molecule has 102 valence electrons. The van der Waals surface area contributed by atoms with E-state index >= 15 is 0 Å². The van der Waals surface area contributed by atoms with Gasteiger partial charge < -0.3 is 4.40 Å². The number of hydrogen-bond acceptors (Lipinski definition) is 3. The highest BCUT2D eigenvalue weighted by molar-refractivity contribution is 7.07. The fourth-order valence-corrected chi connectivity index (χ4v) is 3.87. The Morgan fingerprint density at radius 2 is 2.30 bits per heavy atom. The van der Waals surface area contributed by atoms with Gasteiger partial charge in [0.25, 0.3) is 0 Å². The Balaban J connectivity index is 1.68. The molecule has 1 aliphatic rings. The number of aromatic nitrogens is 2. The maximum absolute atomic E-state index is 4.40. The van der Waals surface area contributed by atoms with E-state index in [4.69, 9.17) is 0 Å². The van der Waals surface area contributed by atoms with Crippen molar-refractivity contribution >= 4 is 17.0 Å². The molecule has 1 unspecified atom stereocenters. The van der Waals surface area contributed by atoms with Crippen molar-refractivity contribution in [3.8, 4) is 0 Å². The third kappa shape index (κ3) is 2.05. The van der Waals surface area contributed by atoms with Crippen LogP contribution in [0.15, 0.2) is 47.4 Å². The van der Waals surface area contributed by atoms with Crippen molar-refractivity contribution in [2.45, 2.75) is 25.4 Å². The number of likely N-dealkylation sites (tertiary alicyclic amines) is 1. The van der Waals surface area contributed by atoms with Crippen LogP contribution in [0.4, 0.5) is 0 Å². The molecule has 1 saturated heterocycles. The highest BCUT2D eigenvalue weighted by Gasteiger charge is 2.27. The summed E-state index contributed by atoms with van der Waals surface area (Å²) in [6.07, 6.45) is 6.48. The number of rotatable bonds is 3. The van der Waals surface area contributed by atoms with E-state index in [0.717, 1.165) is 12.2 Å². The Morgan fingerprint density at radius 1 is 1.30 bits per heavy atom. The van der Waals surface area contributed by atoms with Gasteiger partial charge in [-0.25, -0.2) is 4.98 Å². The Morgan fingerprint density at radius 3 is 3.20 bits per heavy atom. The van der Waals surface area contributed by atoms with Crippen LogP contribution in [0.2, 0.25) is 0 Å². The molecular weight excluding hydrogens is 266 g/mol. The molecular formula is C16H17N3S. The Hall–Kier alpha value is -1.65. The van der Waals surface area contributed by atoms with Crippen LogP contribution in [0.25, 0.3) is 5.65 Å². The molecule has 0 aliphatic carbocycles. The van der Waals surface area contributed by atoms with E-state index in [1.54, 1.807) is 11.3 Å². The molecule has 3 aromatic heterocycles. The lowest BCUT2D eigenvalue weighted by atomic mass is 10.1.